The molecule has 27 heavy (non-hydrogen) atoms. The molecule has 3 rings (SSSR count). The number of rotatable bonds is 5. The molecular formula is C19H21ClN4O3. The van der Waals surface area contributed by atoms with Crippen LogP contribution in [-0.4, -0.2) is 49.0 Å². The summed E-state index contributed by atoms with van der Waals surface area (Å²) in [6.07, 6.45) is 0.132. The normalized spacial score (nSPS) is 14.8. The average molecular weight is 389 g/mol. The van der Waals surface area contributed by atoms with Crippen molar-refractivity contribution in [1.82, 2.24) is 4.90 Å². The number of nitrogens with zero attached hydrogens (tertiary/aromatic N) is 3. The highest BCUT2D eigenvalue weighted by molar-refractivity contribution is 6.31. The van der Waals surface area contributed by atoms with Gasteiger partial charge in [-0.15, -0.1) is 0 Å². The molecule has 0 aromatic heterocycles. The third-order valence-corrected chi connectivity index (χ3v) is 4.82. The molecule has 142 valence electrons. The third-order valence-electron chi connectivity index (χ3n) is 4.59. The van der Waals surface area contributed by atoms with Crippen LogP contribution in [0, 0.1) is 10.1 Å². The SMILES string of the molecule is CN1CCN(c2ccc(Cl)cc2NC(=O)Cc2ccc([N+](=O)[O-])cc2)CC1. The highest BCUT2D eigenvalue weighted by Crippen LogP contribution is 2.30. The van der Waals surface area contributed by atoms with Crippen LogP contribution in [0.15, 0.2) is 42.5 Å². The molecule has 8 heteroatoms. The van der Waals surface area contributed by atoms with E-state index in [2.05, 4.69) is 22.2 Å². The molecule has 0 saturated carbocycles. The Labute approximate surface area is 162 Å². The summed E-state index contributed by atoms with van der Waals surface area (Å²) in [5, 5.41) is 14.2. The molecule has 1 heterocycles. The lowest BCUT2D eigenvalue weighted by Gasteiger charge is -2.35. The van der Waals surface area contributed by atoms with Gasteiger partial charge in [0.15, 0.2) is 0 Å². The number of non-ortho nitro benzene ring substituents is 1. The Balaban J connectivity index is 1.71. The van der Waals surface area contributed by atoms with Gasteiger partial charge in [-0.05, 0) is 30.8 Å². The molecule has 1 saturated heterocycles. The molecule has 0 aliphatic carbocycles. The van der Waals surface area contributed by atoms with Crippen molar-refractivity contribution in [1.29, 1.82) is 0 Å². The highest BCUT2D eigenvalue weighted by atomic mass is 35.5. The van der Waals surface area contributed by atoms with E-state index in [0.29, 0.717) is 16.3 Å². The van der Waals surface area contributed by atoms with Gasteiger partial charge in [-0.1, -0.05) is 23.7 Å². The topological polar surface area (TPSA) is 78.7 Å². The van der Waals surface area contributed by atoms with Crippen LogP contribution in [0.5, 0.6) is 0 Å². The van der Waals surface area contributed by atoms with Crippen LogP contribution in [0.2, 0.25) is 5.02 Å². The molecule has 0 unspecified atom stereocenters. The Morgan fingerprint density at radius 2 is 1.81 bits per heavy atom. The molecule has 1 aliphatic heterocycles. The summed E-state index contributed by atoms with van der Waals surface area (Å²) in [5.41, 5.74) is 2.34. The quantitative estimate of drug-likeness (QED) is 0.628. The molecule has 0 atom stereocenters. The predicted octanol–water partition coefficient (Wildman–Crippen LogP) is 3.18. The molecule has 7 nitrogen and oxygen atoms in total. The zero-order valence-electron chi connectivity index (χ0n) is 15.0. The largest absolute Gasteiger partial charge is 0.367 e. The fraction of sp³-hybridized carbons (Fsp3) is 0.316. The fourth-order valence-electron chi connectivity index (χ4n) is 3.05. The predicted molar refractivity (Wildman–Crippen MR) is 107 cm³/mol. The van der Waals surface area contributed by atoms with Gasteiger partial charge < -0.3 is 15.1 Å². The number of amides is 1. The van der Waals surface area contributed by atoms with Crippen molar-refractivity contribution < 1.29 is 9.72 Å². The lowest BCUT2D eigenvalue weighted by molar-refractivity contribution is -0.384. The molecule has 1 amide bonds. The number of nitrogens with one attached hydrogen (secondary N) is 1. The number of anilines is 2. The second kappa shape index (κ2) is 8.37. The summed E-state index contributed by atoms with van der Waals surface area (Å²) >= 11 is 6.13. The summed E-state index contributed by atoms with van der Waals surface area (Å²) in [5.74, 6) is -0.193. The number of piperazine rings is 1. The summed E-state index contributed by atoms with van der Waals surface area (Å²) in [4.78, 5) is 27.2. The number of carbonyl (C=O) groups excluding carboxylic acids is 1. The van der Waals surface area contributed by atoms with Crippen molar-refractivity contribution in [3.8, 4) is 0 Å². The monoisotopic (exact) mass is 388 g/mol. The van der Waals surface area contributed by atoms with Gasteiger partial charge >= 0.3 is 0 Å². The van der Waals surface area contributed by atoms with E-state index < -0.39 is 4.92 Å². The number of hydrogen-bond donors (Lipinski definition) is 1. The van der Waals surface area contributed by atoms with E-state index in [0.717, 1.165) is 31.9 Å². The Hall–Kier alpha value is -2.64. The number of hydrogen-bond acceptors (Lipinski definition) is 5. The minimum Gasteiger partial charge on any atom is -0.367 e. The number of likely N-dealkylation sites (N-methyl/N-ethyl adjacent to an activating group) is 1. The summed E-state index contributed by atoms with van der Waals surface area (Å²) < 4.78 is 0. The van der Waals surface area contributed by atoms with Crippen molar-refractivity contribution in [3.05, 3.63) is 63.2 Å². The summed E-state index contributed by atoms with van der Waals surface area (Å²) in [6.45, 7) is 3.67. The molecule has 1 aliphatic rings. The summed E-state index contributed by atoms with van der Waals surface area (Å²) in [6, 6.07) is 11.5. The third kappa shape index (κ3) is 4.96. The molecular weight excluding hydrogens is 368 g/mol. The molecule has 2 aromatic carbocycles. The van der Waals surface area contributed by atoms with E-state index in [9.17, 15) is 14.9 Å². The van der Waals surface area contributed by atoms with E-state index >= 15 is 0 Å². The van der Waals surface area contributed by atoms with Crippen LogP contribution >= 0.6 is 11.6 Å². The van der Waals surface area contributed by atoms with Crippen molar-refractivity contribution in [2.75, 3.05) is 43.4 Å². The first-order valence-electron chi connectivity index (χ1n) is 8.68. The van der Waals surface area contributed by atoms with Crippen LogP contribution in [0.25, 0.3) is 0 Å². The molecule has 2 aromatic rings. The lowest BCUT2D eigenvalue weighted by atomic mass is 10.1. The first-order valence-corrected chi connectivity index (χ1v) is 9.06. The van der Waals surface area contributed by atoms with Gasteiger partial charge in [0.05, 0.1) is 22.7 Å². The molecule has 1 N–H and O–H groups in total. The molecule has 0 spiro atoms. The Bertz CT molecular complexity index is 833. The van der Waals surface area contributed by atoms with Gasteiger partial charge in [-0.2, -0.15) is 0 Å². The second-order valence-electron chi connectivity index (χ2n) is 6.60. The van der Waals surface area contributed by atoms with E-state index in [4.69, 9.17) is 11.6 Å². The molecule has 1 fully saturated rings. The highest BCUT2D eigenvalue weighted by Gasteiger charge is 2.18. The van der Waals surface area contributed by atoms with Crippen molar-refractivity contribution >= 4 is 34.6 Å². The minimum absolute atomic E-state index is 0.00588. The van der Waals surface area contributed by atoms with Crippen molar-refractivity contribution in [3.63, 3.8) is 0 Å². The number of nitro groups is 1. The maximum Gasteiger partial charge on any atom is 0.269 e. The van der Waals surface area contributed by atoms with E-state index in [1.807, 2.05) is 12.1 Å². The first kappa shape index (κ1) is 19.1. The van der Waals surface area contributed by atoms with Gasteiger partial charge in [0.1, 0.15) is 0 Å². The number of carbonyl (C=O) groups is 1. The van der Waals surface area contributed by atoms with Crippen LogP contribution in [0.4, 0.5) is 17.1 Å². The van der Waals surface area contributed by atoms with Crippen LogP contribution < -0.4 is 10.2 Å². The Morgan fingerprint density at radius 3 is 2.44 bits per heavy atom. The number of benzene rings is 2. The fourth-order valence-corrected chi connectivity index (χ4v) is 3.22. The van der Waals surface area contributed by atoms with Gasteiger partial charge in [0, 0.05) is 43.3 Å². The van der Waals surface area contributed by atoms with E-state index in [1.54, 1.807) is 18.2 Å². The maximum atomic E-state index is 12.5. The average Bonchev–Trinajstić information content (AvgIpc) is 2.63. The molecule has 0 radical (unpaired) electrons. The van der Waals surface area contributed by atoms with E-state index in [1.165, 1.54) is 12.1 Å². The van der Waals surface area contributed by atoms with Gasteiger partial charge in [-0.3, -0.25) is 14.9 Å². The lowest BCUT2D eigenvalue weighted by Crippen LogP contribution is -2.44. The molecule has 0 bridgehead atoms. The van der Waals surface area contributed by atoms with Crippen molar-refractivity contribution in [2.45, 2.75) is 6.42 Å². The van der Waals surface area contributed by atoms with E-state index in [-0.39, 0.29) is 18.0 Å². The Morgan fingerprint density at radius 1 is 1.15 bits per heavy atom. The number of halogens is 1. The van der Waals surface area contributed by atoms with Gasteiger partial charge in [0.2, 0.25) is 5.91 Å². The van der Waals surface area contributed by atoms with Gasteiger partial charge in [-0.25, -0.2) is 0 Å². The van der Waals surface area contributed by atoms with Crippen LogP contribution in [-0.2, 0) is 11.2 Å². The number of nitro benzene ring substituents is 1. The smallest absolute Gasteiger partial charge is 0.269 e. The van der Waals surface area contributed by atoms with Crippen LogP contribution in [0.1, 0.15) is 5.56 Å². The van der Waals surface area contributed by atoms with Gasteiger partial charge in [0.25, 0.3) is 5.69 Å². The zero-order chi connectivity index (χ0) is 19.4. The zero-order valence-corrected chi connectivity index (χ0v) is 15.8. The minimum atomic E-state index is -0.460. The maximum absolute atomic E-state index is 12.5. The van der Waals surface area contributed by atoms with Crippen LogP contribution in [0.3, 0.4) is 0 Å². The first-order chi connectivity index (χ1) is 12.9. The van der Waals surface area contributed by atoms with Crippen molar-refractivity contribution in [2.24, 2.45) is 0 Å². The second-order valence-corrected chi connectivity index (χ2v) is 7.04. The standard InChI is InChI=1S/C19H21ClN4O3/c1-22-8-10-23(11-9-22)18-7-4-15(20)13-17(18)21-19(25)12-14-2-5-16(6-3-14)24(26)27/h2-7,13H,8-12H2,1H3,(H,21,25). The Kier molecular flexibility index (Phi) is 5.93. The summed E-state index contributed by atoms with van der Waals surface area (Å²) in [7, 11) is 2.09.